The number of nitrogens with one attached hydrogen (secondary N) is 2. The Morgan fingerprint density at radius 1 is 1.15 bits per heavy atom. The molecule has 2 aromatic carbocycles. The van der Waals surface area contributed by atoms with E-state index in [0.29, 0.717) is 23.8 Å². The fourth-order valence-electron chi connectivity index (χ4n) is 2.28. The normalized spacial score (nSPS) is 13.0. The minimum Gasteiger partial charge on any atom is -0.387 e. The smallest absolute Gasteiger partial charge is 0.301 e. The van der Waals surface area contributed by atoms with E-state index in [1.807, 2.05) is 24.3 Å². The van der Waals surface area contributed by atoms with Crippen LogP contribution >= 0.6 is 11.6 Å². The Kier molecular flexibility index (Phi) is 7.43. The van der Waals surface area contributed by atoms with Crippen LogP contribution in [0.1, 0.15) is 17.2 Å². The van der Waals surface area contributed by atoms with Gasteiger partial charge in [0.25, 0.3) is 0 Å². The first kappa shape index (κ1) is 20.7. The molecule has 0 heterocycles. The van der Waals surface area contributed by atoms with Crippen molar-refractivity contribution in [3.8, 4) is 0 Å². The Morgan fingerprint density at radius 3 is 2.46 bits per heavy atom. The second-order valence-electron chi connectivity index (χ2n) is 6.11. The summed E-state index contributed by atoms with van der Waals surface area (Å²) in [6.07, 6.45) is 0.153. The summed E-state index contributed by atoms with van der Waals surface area (Å²) in [5.41, 5.74) is 2.37. The van der Waals surface area contributed by atoms with Crippen molar-refractivity contribution in [3.05, 3.63) is 64.7 Å². The summed E-state index contributed by atoms with van der Waals surface area (Å²) in [6.45, 7) is 1.13. The molecule has 0 spiro atoms. The number of hydrogen-bond donors (Lipinski definition) is 3. The molecule has 0 aromatic heterocycles. The van der Waals surface area contributed by atoms with E-state index in [0.717, 1.165) is 21.9 Å². The average molecular weight is 398 g/mol. The van der Waals surface area contributed by atoms with E-state index in [9.17, 15) is 13.5 Å². The first-order valence-electron chi connectivity index (χ1n) is 8.21. The summed E-state index contributed by atoms with van der Waals surface area (Å²) in [6, 6.07) is 14.4. The highest BCUT2D eigenvalue weighted by Gasteiger charge is 2.12. The Morgan fingerprint density at radius 2 is 1.85 bits per heavy atom. The van der Waals surface area contributed by atoms with Crippen molar-refractivity contribution in [1.29, 1.82) is 0 Å². The largest absolute Gasteiger partial charge is 0.387 e. The highest BCUT2D eigenvalue weighted by Crippen LogP contribution is 2.17. The van der Waals surface area contributed by atoms with Crippen LogP contribution in [-0.2, 0) is 16.6 Å². The van der Waals surface area contributed by atoms with Crippen molar-refractivity contribution >= 4 is 27.5 Å². The summed E-state index contributed by atoms with van der Waals surface area (Å²) in [5, 5.41) is 14.0. The topological polar surface area (TPSA) is 81.7 Å². The van der Waals surface area contributed by atoms with E-state index < -0.39 is 16.3 Å². The molecule has 2 rings (SSSR count). The monoisotopic (exact) mass is 397 g/mol. The van der Waals surface area contributed by atoms with Gasteiger partial charge < -0.3 is 10.4 Å². The van der Waals surface area contributed by atoms with Gasteiger partial charge in [0.15, 0.2) is 0 Å². The van der Waals surface area contributed by atoms with Crippen LogP contribution in [0.2, 0.25) is 5.02 Å². The first-order chi connectivity index (χ1) is 12.3. The molecule has 0 fully saturated rings. The first-order valence-corrected chi connectivity index (χ1v) is 10.0. The van der Waals surface area contributed by atoms with E-state index in [1.54, 1.807) is 24.3 Å². The number of anilines is 1. The lowest BCUT2D eigenvalue weighted by Gasteiger charge is -2.14. The van der Waals surface area contributed by atoms with Crippen molar-refractivity contribution < 1.29 is 13.5 Å². The number of nitrogens with zero attached hydrogens (tertiary/aromatic N) is 1. The van der Waals surface area contributed by atoms with Crippen LogP contribution < -0.4 is 10.0 Å². The molecule has 3 N–H and O–H groups in total. The molecule has 6 nitrogen and oxygen atoms in total. The molecule has 2 aromatic rings. The van der Waals surface area contributed by atoms with Gasteiger partial charge in [0.05, 0.1) is 6.10 Å². The molecular weight excluding hydrogens is 374 g/mol. The molecule has 0 aliphatic carbocycles. The zero-order chi connectivity index (χ0) is 19.2. The van der Waals surface area contributed by atoms with Crippen LogP contribution in [-0.4, -0.2) is 45.0 Å². The van der Waals surface area contributed by atoms with E-state index in [2.05, 4.69) is 10.0 Å². The second kappa shape index (κ2) is 9.34. The van der Waals surface area contributed by atoms with Gasteiger partial charge in [-0.05, 0) is 48.4 Å². The number of aliphatic hydroxyl groups excluding tert-OH is 1. The number of aliphatic hydroxyl groups is 1. The van der Waals surface area contributed by atoms with Crippen LogP contribution in [0.3, 0.4) is 0 Å². The van der Waals surface area contributed by atoms with Gasteiger partial charge in [0.1, 0.15) is 0 Å². The standard InChI is InChI=1S/C18H24ClN3O3S/c1-22(2)26(24,25)21-17-8-6-14(7-9-17)10-11-20-13-18(23)15-4-3-5-16(19)12-15/h3-9,12,18,20-21,23H,10-11,13H2,1-2H3/t18-/m0/s1. The number of halogens is 1. The van der Waals surface area contributed by atoms with Crippen molar-refractivity contribution in [3.63, 3.8) is 0 Å². The SMILES string of the molecule is CN(C)S(=O)(=O)Nc1ccc(CCNC[C@H](O)c2cccc(Cl)c2)cc1. The van der Waals surface area contributed by atoms with E-state index in [-0.39, 0.29) is 0 Å². The third-order valence-electron chi connectivity index (χ3n) is 3.84. The molecule has 0 radical (unpaired) electrons. The maximum atomic E-state index is 11.8. The van der Waals surface area contributed by atoms with Crippen molar-refractivity contribution in [2.45, 2.75) is 12.5 Å². The molecule has 0 bridgehead atoms. The van der Waals surface area contributed by atoms with Crippen LogP contribution in [0.4, 0.5) is 5.69 Å². The van der Waals surface area contributed by atoms with E-state index >= 15 is 0 Å². The van der Waals surface area contributed by atoms with Gasteiger partial charge in [-0.1, -0.05) is 35.9 Å². The van der Waals surface area contributed by atoms with E-state index in [1.165, 1.54) is 14.1 Å². The molecule has 8 heteroatoms. The van der Waals surface area contributed by atoms with Crippen LogP contribution in [0.5, 0.6) is 0 Å². The van der Waals surface area contributed by atoms with Gasteiger partial charge in [-0.3, -0.25) is 4.72 Å². The minimum atomic E-state index is -3.49. The lowest BCUT2D eigenvalue weighted by Crippen LogP contribution is -2.28. The highest BCUT2D eigenvalue weighted by molar-refractivity contribution is 7.90. The Bertz CT molecular complexity index is 811. The molecule has 0 saturated heterocycles. The fourth-order valence-corrected chi connectivity index (χ4v) is 3.10. The predicted octanol–water partition coefficient (Wildman–Crippen LogP) is 2.42. The van der Waals surface area contributed by atoms with Crippen LogP contribution in [0.25, 0.3) is 0 Å². The van der Waals surface area contributed by atoms with Gasteiger partial charge in [-0.2, -0.15) is 12.7 Å². The lowest BCUT2D eigenvalue weighted by atomic mass is 10.1. The summed E-state index contributed by atoms with van der Waals surface area (Å²) in [7, 11) is -0.545. The molecule has 0 unspecified atom stereocenters. The zero-order valence-corrected chi connectivity index (χ0v) is 16.4. The zero-order valence-electron chi connectivity index (χ0n) is 14.8. The molecule has 26 heavy (non-hydrogen) atoms. The van der Waals surface area contributed by atoms with Crippen LogP contribution in [0, 0.1) is 0 Å². The Balaban J connectivity index is 1.78. The van der Waals surface area contributed by atoms with Gasteiger partial charge in [0, 0.05) is 31.4 Å². The maximum absolute atomic E-state index is 11.8. The van der Waals surface area contributed by atoms with Gasteiger partial charge >= 0.3 is 10.2 Å². The minimum absolute atomic E-state index is 0.432. The maximum Gasteiger partial charge on any atom is 0.301 e. The number of rotatable bonds is 9. The predicted molar refractivity (Wildman–Crippen MR) is 106 cm³/mol. The molecule has 0 saturated carbocycles. The highest BCUT2D eigenvalue weighted by atomic mass is 35.5. The quantitative estimate of drug-likeness (QED) is 0.567. The number of hydrogen-bond acceptors (Lipinski definition) is 4. The third kappa shape index (κ3) is 6.26. The Labute approximate surface area is 160 Å². The van der Waals surface area contributed by atoms with E-state index in [4.69, 9.17) is 11.6 Å². The number of benzene rings is 2. The van der Waals surface area contributed by atoms with Crippen LogP contribution in [0.15, 0.2) is 48.5 Å². The third-order valence-corrected chi connectivity index (χ3v) is 5.53. The summed E-state index contributed by atoms with van der Waals surface area (Å²) >= 11 is 5.92. The fraction of sp³-hybridized carbons (Fsp3) is 0.333. The van der Waals surface area contributed by atoms with Gasteiger partial charge in [0.2, 0.25) is 0 Å². The van der Waals surface area contributed by atoms with Crippen molar-refractivity contribution in [2.24, 2.45) is 0 Å². The molecule has 0 aliphatic rings. The lowest BCUT2D eigenvalue weighted by molar-refractivity contribution is 0.175. The molecule has 0 aliphatic heterocycles. The average Bonchev–Trinajstić information content (AvgIpc) is 2.59. The second-order valence-corrected chi connectivity index (χ2v) is 8.43. The molecular formula is C18H24ClN3O3S. The van der Waals surface area contributed by atoms with Gasteiger partial charge in [-0.15, -0.1) is 0 Å². The summed E-state index contributed by atoms with van der Waals surface area (Å²) < 4.78 is 27.2. The molecule has 1 atom stereocenters. The Hall–Kier alpha value is -1.64. The summed E-state index contributed by atoms with van der Waals surface area (Å²) in [4.78, 5) is 0. The molecule has 142 valence electrons. The molecule has 0 amide bonds. The van der Waals surface area contributed by atoms with Crippen molar-refractivity contribution in [2.75, 3.05) is 31.9 Å². The van der Waals surface area contributed by atoms with Crippen molar-refractivity contribution in [1.82, 2.24) is 9.62 Å². The van der Waals surface area contributed by atoms with Gasteiger partial charge in [-0.25, -0.2) is 0 Å². The summed E-state index contributed by atoms with van der Waals surface area (Å²) in [5.74, 6) is 0.